The molecule has 0 aliphatic rings. The van der Waals surface area contributed by atoms with Gasteiger partial charge in [-0.05, 0) is 43.8 Å². The van der Waals surface area contributed by atoms with Crippen LogP contribution in [-0.4, -0.2) is 46.0 Å². The summed E-state index contributed by atoms with van der Waals surface area (Å²) >= 11 is 0. The summed E-state index contributed by atoms with van der Waals surface area (Å²) in [5.74, 6) is -1.44. The van der Waals surface area contributed by atoms with Gasteiger partial charge in [0.1, 0.15) is 13.1 Å². The van der Waals surface area contributed by atoms with Gasteiger partial charge >= 0.3 is 0 Å². The van der Waals surface area contributed by atoms with Crippen molar-refractivity contribution in [2.75, 3.05) is 19.7 Å². The van der Waals surface area contributed by atoms with E-state index in [1.807, 2.05) is 0 Å². The van der Waals surface area contributed by atoms with Crippen molar-refractivity contribution in [1.82, 2.24) is 0 Å². The average molecular weight is 418 g/mol. The molecule has 6 heteroatoms. The minimum Gasteiger partial charge on any atom is -0.548 e. The van der Waals surface area contributed by atoms with Crippen LogP contribution in [0.1, 0.15) is 110 Å². The molecule has 0 spiro atoms. The van der Waals surface area contributed by atoms with E-state index in [1.54, 1.807) is 6.92 Å². The quantitative estimate of drug-likeness (QED) is 0.122. The van der Waals surface area contributed by atoms with E-state index in [0.29, 0.717) is 13.1 Å². The molecule has 0 bridgehead atoms. The molecule has 0 saturated carbocycles. The Bertz CT molecular complexity index is 372. The molecule has 6 nitrogen and oxygen atoms in total. The number of carboxylic acids is 1. The van der Waals surface area contributed by atoms with Crippen LogP contribution in [0.15, 0.2) is 12.2 Å². The summed E-state index contributed by atoms with van der Waals surface area (Å²) in [6, 6.07) is 0. The number of carboxylic acid groups (broad SMARTS) is 1. The summed E-state index contributed by atoms with van der Waals surface area (Å²) in [6.45, 7) is 4.00. The summed E-state index contributed by atoms with van der Waals surface area (Å²) in [4.78, 5) is 8.19. The number of aliphatic hydroxyl groups excluding tert-OH is 1. The number of quaternary nitrogens is 1. The standard InChI is InChI=1S/C21H44NO2.C2H4O3/c1-3-5-6-7-8-9-10-11-12-13-14-15-16-17-18-19-20-21-22(23,24)4-2;3-1-2(4)5/h11-12,23-24H,3-10,13-21H2,1-2H3;3H,1H2,(H,4,5)/q+1;/p-1/b12-11-;. The third-order valence-corrected chi connectivity index (χ3v) is 4.91. The van der Waals surface area contributed by atoms with Crippen LogP contribution in [-0.2, 0) is 4.79 Å². The predicted octanol–water partition coefficient (Wildman–Crippen LogP) is 4.76. The zero-order valence-electron chi connectivity index (χ0n) is 19.0. The lowest BCUT2D eigenvalue weighted by atomic mass is 10.1. The molecule has 0 radical (unpaired) electrons. The van der Waals surface area contributed by atoms with E-state index in [-0.39, 0.29) is 0 Å². The summed E-state index contributed by atoms with van der Waals surface area (Å²) in [5, 5.41) is 35.4. The van der Waals surface area contributed by atoms with Gasteiger partial charge in [0, 0.05) is 6.42 Å². The lowest BCUT2D eigenvalue weighted by Gasteiger charge is -2.18. The molecular formula is C23H47NO5. The molecule has 0 aromatic carbocycles. The second-order valence-electron chi connectivity index (χ2n) is 7.74. The second-order valence-corrected chi connectivity index (χ2v) is 7.74. The largest absolute Gasteiger partial charge is 0.548 e. The van der Waals surface area contributed by atoms with E-state index in [9.17, 15) is 10.4 Å². The van der Waals surface area contributed by atoms with Crippen molar-refractivity contribution in [2.45, 2.75) is 110 Å². The van der Waals surface area contributed by atoms with E-state index in [1.165, 1.54) is 83.5 Å². The van der Waals surface area contributed by atoms with Gasteiger partial charge < -0.3 is 15.0 Å². The summed E-state index contributed by atoms with van der Waals surface area (Å²) in [6.07, 6.45) is 24.1. The number of hydrogen-bond acceptors (Lipinski definition) is 5. The molecule has 0 aromatic rings. The second kappa shape index (κ2) is 23.3. The van der Waals surface area contributed by atoms with Gasteiger partial charge in [-0.1, -0.05) is 76.9 Å². The van der Waals surface area contributed by atoms with Crippen LogP contribution in [0.3, 0.4) is 0 Å². The Labute approximate surface area is 178 Å². The van der Waals surface area contributed by atoms with Crippen LogP contribution in [0.25, 0.3) is 0 Å². The van der Waals surface area contributed by atoms with Crippen LogP contribution in [0, 0.1) is 0 Å². The SMILES string of the molecule is CCCCCCCC/C=C\CCCCCCCCC[N+](O)(O)CC.O=C([O-])CO. The van der Waals surface area contributed by atoms with Crippen LogP contribution >= 0.6 is 0 Å². The fraction of sp³-hybridized carbons (Fsp3) is 0.870. The number of nitrogens with zero attached hydrogens (tertiary/aromatic N) is 1. The van der Waals surface area contributed by atoms with Crippen molar-refractivity contribution in [1.29, 1.82) is 0 Å². The van der Waals surface area contributed by atoms with Gasteiger partial charge in [-0.15, -0.1) is 0 Å². The monoisotopic (exact) mass is 417 g/mol. The zero-order valence-corrected chi connectivity index (χ0v) is 19.0. The summed E-state index contributed by atoms with van der Waals surface area (Å²) in [7, 11) is 0. The normalized spacial score (nSPS) is 11.5. The number of aliphatic carboxylic acids is 1. The average Bonchev–Trinajstić information content (AvgIpc) is 2.70. The first-order valence-corrected chi connectivity index (χ1v) is 11.7. The van der Waals surface area contributed by atoms with Gasteiger partial charge in [-0.2, -0.15) is 10.4 Å². The van der Waals surface area contributed by atoms with Crippen molar-refractivity contribution >= 4 is 5.97 Å². The van der Waals surface area contributed by atoms with Gasteiger partial charge in [0.15, 0.2) is 0 Å². The van der Waals surface area contributed by atoms with E-state index < -0.39 is 17.4 Å². The highest BCUT2D eigenvalue weighted by atomic mass is 16.8. The van der Waals surface area contributed by atoms with Crippen molar-refractivity contribution < 1.29 is 30.2 Å². The molecule has 0 aliphatic carbocycles. The number of allylic oxidation sites excluding steroid dienone is 2. The lowest BCUT2D eigenvalue weighted by molar-refractivity contribution is -1.24. The smallest absolute Gasteiger partial charge is 0.142 e. The molecule has 0 amide bonds. The molecule has 0 fully saturated rings. The van der Waals surface area contributed by atoms with E-state index in [4.69, 9.17) is 15.0 Å². The van der Waals surface area contributed by atoms with E-state index in [2.05, 4.69) is 19.1 Å². The molecule has 3 N–H and O–H groups in total. The topological polar surface area (TPSA) is 101 Å². The van der Waals surface area contributed by atoms with Gasteiger partial charge in [-0.3, -0.25) is 0 Å². The highest BCUT2D eigenvalue weighted by molar-refractivity contribution is 5.65. The molecular weight excluding hydrogens is 370 g/mol. The highest BCUT2D eigenvalue weighted by Crippen LogP contribution is 2.11. The maximum absolute atomic E-state index is 9.44. The first-order chi connectivity index (χ1) is 13.9. The number of aliphatic hydroxyl groups is 1. The first-order valence-electron chi connectivity index (χ1n) is 11.7. The molecule has 29 heavy (non-hydrogen) atoms. The number of unbranched alkanes of at least 4 members (excludes halogenated alkanes) is 13. The van der Waals surface area contributed by atoms with E-state index >= 15 is 0 Å². The van der Waals surface area contributed by atoms with Crippen LogP contribution in [0.2, 0.25) is 0 Å². The number of hydroxylamine groups is 4. The molecule has 0 aliphatic heterocycles. The van der Waals surface area contributed by atoms with Crippen molar-refractivity contribution in [3.63, 3.8) is 0 Å². The third kappa shape index (κ3) is 29.3. The number of hydrogen-bond donors (Lipinski definition) is 3. The zero-order chi connectivity index (χ0) is 22.2. The van der Waals surface area contributed by atoms with Gasteiger partial charge in [-0.25, -0.2) is 0 Å². The minimum atomic E-state index is -1.44. The molecule has 0 atom stereocenters. The Morgan fingerprint density at radius 2 is 1.14 bits per heavy atom. The Morgan fingerprint density at radius 3 is 1.52 bits per heavy atom. The van der Waals surface area contributed by atoms with Gasteiger partial charge in [0.2, 0.25) is 0 Å². The van der Waals surface area contributed by atoms with E-state index in [0.717, 1.165) is 12.8 Å². The number of carbonyl (C=O) groups is 1. The molecule has 0 rings (SSSR count). The first kappa shape index (κ1) is 30.2. The van der Waals surface area contributed by atoms with Gasteiger partial charge in [0.25, 0.3) is 0 Å². The maximum atomic E-state index is 9.44. The summed E-state index contributed by atoms with van der Waals surface area (Å²) < 4.78 is 0. The Morgan fingerprint density at radius 1 is 0.759 bits per heavy atom. The Hall–Kier alpha value is -0.950. The highest BCUT2D eigenvalue weighted by Gasteiger charge is 2.17. The van der Waals surface area contributed by atoms with Crippen LogP contribution in [0.4, 0.5) is 0 Å². The van der Waals surface area contributed by atoms with Crippen molar-refractivity contribution in [3.05, 3.63) is 12.2 Å². The summed E-state index contributed by atoms with van der Waals surface area (Å²) in [5.41, 5.74) is 0. The fourth-order valence-electron chi connectivity index (χ4n) is 2.95. The molecule has 174 valence electrons. The molecule has 0 unspecified atom stereocenters. The predicted molar refractivity (Wildman–Crippen MR) is 115 cm³/mol. The number of carbonyl (C=O) groups excluding carboxylic acids is 1. The Kier molecular flexibility index (Phi) is 24.3. The van der Waals surface area contributed by atoms with Crippen LogP contribution < -0.4 is 5.11 Å². The minimum absolute atomic E-state index is 0.367. The fourth-order valence-corrected chi connectivity index (χ4v) is 2.95. The third-order valence-electron chi connectivity index (χ3n) is 4.91. The molecule has 0 aromatic heterocycles. The maximum Gasteiger partial charge on any atom is 0.142 e. The van der Waals surface area contributed by atoms with Crippen molar-refractivity contribution in [2.24, 2.45) is 0 Å². The molecule has 0 saturated heterocycles. The number of rotatable bonds is 19. The molecule has 0 heterocycles. The van der Waals surface area contributed by atoms with Crippen LogP contribution in [0.5, 0.6) is 0 Å². The van der Waals surface area contributed by atoms with Crippen molar-refractivity contribution in [3.8, 4) is 0 Å². The lowest BCUT2D eigenvalue weighted by Crippen LogP contribution is -2.41. The Balaban J connectivity index is 0. The van der Waals surface area contributed by atoms with Gasteiger partial charge in [0.05, 0.1) is 12.6 Å².